The summed E-state index contributed by atoms with van der Waals surface area (Å²) in [6.45, 7) is 4.54. The number of alkyl halides is 3. The molecule has 3 aromatic rings. The molecule has 2 atom stereocenters. The first-order chi connectivity index (χ1) is 17.6. The maximum atomic E-state index is 13.8. The zero-order valence-electron chi connectivity index (χ0n) is 20.1. The topological polar surface area (TPSA) is 79.2 Å². The number of nitrogens with one attached hydrogen (secondary N) is 1. The van der Waals surface area contributed by atoms with Crippen molar-refractivity contribution in [3.8, 4) is 0 Å². The van der Waals surface area contributed by atoms with Crippen molar-refractivity contribution < 1.29 is 18.0 Å². The number of fused-ring (bicyclic) bond motifs is 1. The Kier molecular flexibility index (Phi) is 7.21. The number of hydrogen-bond acceptors (Lipinski definition) is 6. The van der Waals surface area contributed by atoms with E-state index >= 15 is 0 Å². The van der Waals surface area contributed by atoms with Crippen LogP contribution in [0.5, 0.6) is 0 Å². The van der Waals surface area contributed by atoms with E-state index in [2.05, 4.69) is 20.4 Å². The van der Waals surface area contributed by atoms with E-state index in [9.17, 15) is 18.0 Å². The third kappa shape index (κ3) is 5.21. The van der Waals surface area contributed by atoms with E-state index in [1.807, 2.05) is 9.80 Å². The molecule has 0 bridgehead atoms. The van der Waals surface area contributed by atoms with Crippen LogP contribution in [-0.4, -0.2) is 69.3 Å². The number of carbonyl (C=O) groups excluding carboxylic acids is 1. The molecule has 2 aromatic heterocycles. The van der Waals surface area contributed by atoms with E-state index < -0.39 is 17.9 Å². The summed E-state index contributed by atoms with van der Waals surface area (Å²) >= 11 is 12.3. The number of piperidine rings is 1. The smallest absolute Gasteiger partial charge is 0.352 e. The van der Waals surface area contributed by atoms with Gasteiger partial charge in [0.15, 0.2) is 11.3 Å². The van der Waals surface area contributed by atoms with Crippen LogP contribution in [0, 0.1) is 0 Å². The zero-order valence-corrected chi connectivity index (χ0v) is 21.6. The van der Waals surface area contributed by atoms with Gasteiger partial charge in [-0.05, 0) is 44.0 Å². The van der Waals surface area contributed by atoms with Gasteiger partial charge in [-0.3, -0.25) is 4.79 Å². The van der Waals surface area contributed by atoms with Crippen LogP contribution in [0.15, 0.2) is 24.4 Å². The molecule has 2 aliphatic rings. The van der Waals surface area contributed by atoms with Gasteiger partial charge < -0.3 is 15.1 Å². The minimum atomic E-state index is -4.71. The first-order valence-corrected chi connectivity index (χ1v) is 12.9. The lowest BCUT2D eigenvalue weighted by Gasteiger charge is -2.37. The SMILES string of the molecule is C[C@@H](c1ccc(Cl)cc1Cl)n1nc(C(F)(F)F)c2ncc(N3CCN(C(=O)[C@H]4CCCCN4)CC3)nc21. The normalized spacial score (nSPS) is 19.9. The van der Waals surface area contributed by atoms with Crippen LogP contribution in [0.1, 0.15) is 43.5 Å². The Labute approximate surface area is 221 Å². The summed E-state index contributed by atoms with van der Waals surface area (Å²) in [5.41, 5.74) is -0.868. The number of halogens is 5. The highest BCUT2D eigenvalue weighted by molar-refractivity contribution is 6.35. The molecule has 0 saturated carbocycles. The van der Waals surface area contributed by atoms with Gasteiger partial charge >= 0.3 is 6.18 Å². The molecule has 1 N–H and O–H groups in total. The Hall–Kier alpha value is -2.63. The second kappa shape index (κ2) is 10.3. The van der Waals surface area contributed by atoms with Crippen molar-refractivity contribution in [2.75, 3.05) is 37.6 Å². The van der Waals surface area contributed by atoms with Gasteiger partial charge in [-0.15, -0.1) is 0 Å². The molecule has 198 valence electrons. The molecular weight excluding hydrogens is 530 g/mol. The third-order valence-corrected chi connectivity index (χ3v) is 7.52. The highest BCUT2D eigenvalue weighted by Crippen LogP contribution is 2.36. The Balaban J connectivity index is 1.43. The van der Waals surface area contributed by atoms with Crippen molar-refractivity contribution >= 4 is 46.1 Å². The Morgan fingerprint density at radius 2 is 1.92 bits per heavy atom. The molecule has 2 aliphatic heterocycles. The lowest BCUT2D eigenvalue weighted by atomic mass is 10.0. The molecule has 1 aromatic carbocycles. The van der Waals surface area contributed by atoms with E-state index in [-0.39, 0.29) is 23.1 Å². The van der Waals surface area contributed by atoms with Crippen LogP contribution in [0.25, 0.3) is 11.2 Å². The predicted molar refractivity (Wildman–Crippen MR) is 135 cm³/mol. The number of amides is 1. The zero-order chi connectivity index (χ0) is 26.3. The summed E-state index contributed by atoms with van der Waals surface area (Å²) in [4.78, 5) is 25.3. The van der Waals surface area contributed by atoms with E-state index in [1.165, 1.54) is 16.9 Å². The number of aromatic nitrogens is 4. The van der Waals surface area contributed by atoms with Crippen LogP contribution in [0.4, 0.5) is 19.0 Å². The summed E-state index contributed by atoms with van der Waals surface area (Å²) in [6.07, 6.45) is -0.422. The molecule has 8 nitrogen and oxygen atoms in total. The van der Waals surface area contributed by atoms with E-state index in [0.717, 1.165) is 25.8 Å². The Bertz CT molecular complexity index is 1300. The number of piperazine rings is 1. The van der Waals surface area contributed by atoms with Gasteiger partial charge in [0.05, 0.1) is 18.3 Å². The fraction of sp³-hybridized carbons (Fsp3) is 0.500. The number of hydrogen-bond donors (Lipinski definition) is 1. The fourth-order valence-electron chi connectivity index (χ4n) is 4.92. The average molecular weight is 556 g/mol. The van der Waals surface area contributed by atoms with Gasteiger partial charge in [0.1, 0.15) is 11.3 Å². The minimum absolute atomic E-state index is 0.00764. The molecule has 4 heterocycles. The van der Waals surface area contributed by atoms with Gasteiger partial charge in [0, 0.05) is 36.2 Å². The van der Waals surface area contributed by atoms with Crippen LogP contribution >= 0.6 is 23.2 Å². The van der Waals surface area contributed by atoms with Crippen molar-refractivity contribution in [3.05, 3.63) is 45.7 Å². The molecule has 5 rings (SSSR count). The lowest BCUT2D eigenvalue weighted by molar-refractivity contribution is -0.140. The van der Waals surface area contributed by atoms with E-state index in [1.54, 1.807) is 19.1 Å². The largest absolute Gasteiger partial charge is 0.437 e. The van der Waals surface area contributed by atoms with E-state index in [0.29, 0.717) is 47.6 Å². The number of rotatable bonds is 4. The van der Waals surface area contributed by atoms with Crippen molar-refractivity contribution in [3.63, 3.8) is 0 Å². The molecule has 0 unspecified atom stereocenters. The average Bonchev–Trinajstić information content (AvgIpc) is 3.28. The predicted octanol–water partition coefficient (Wildman–Crippen LogP) is 4.55. The fourth-order valence-corrected chi connectivity index (χ4v) is 5.49. The summed E-state index contributed by atoms with van der Waals surface area (Å²) < 4.78 is 42.7. The molecule has 2 fully saturated rings. The number of nitrogens with zero attached hydrogens (tertiary/aromatic N) is 6. The molecule has 0 aliphatic carbocycles. The summed E-state index contributed by atoms with van der Waals surface area (Å²) in [5, 5.41) is 7.89. The van der Waals surface area contributed by atoms with Crippen LogP contribution in [0.2, 0.25) is 10.0 Å². The van der Waals surface area contributed by atoms with Gasteiger partial charge in [0.25, 0.3) is 0 Å². The van der Waals surface area contributed by atoms with Crippen LogP contribution < -0.4 is 10.2 Å². The maximum absolute atomic E-state index is 13.8. The van der Waals surface area contributed by atoms with Crippen molar-refractivity contribution in [1.82, 2.24) is 30.0 Å². The van der Waals surface area contributed by atoms with Crippen LogP contribution in [-0.2, 0) is 11.0 Å². The summed E-state index contributed by atoms with van der Waals surface area (Å²) in [5.74, 6) is 0.530. The molecule has 0 spiro atoms. The second-order valence-electron chi connectivity index (χ2n) is 9.35. The third-order valence-electron chi connectivity index (χ3n) is 6.96. The molecule has 0 radical (unpaired) electrons. The molecule has 37 heavy (non-hydrogen) atoms. The second-order valence-corrected chi connectivity index (χ2v) is 10.2. The first kappa shape index (κ1) is 26.0. The first-order valence-electron chi connectivity index (χ1n) is 12.2. The van der Waals surface area contributed by atoms with Gasteiger partial charge in [-0.1, -0.05) is 35.7 Å². The molecular formula is C24H26Cl2F3N7O. The summed E-state index contributed by atoms with van der Waals surface area (Å²) in [7, 11) is 0. The molecule has 2 saturated heterocycles. The van der Waals surface area contributed by atoms with Crippen molar-refractivity contribution in [1.29, 1.82) is 0 Å². The monoisotopic (exact) mass is 555 g/mol. The number of benzene rings is 1. The molecule has 13 heteroatoms. The van der Waals surface area contributed by atoms with Gasteiger partial charge in [0.2, 0.25) is 5.91 Å². The van der Waals surface area contributed by atoms with Crippen molar-refractivity contribution in [2.24, 2.45) is 0 Å². The van der Waals surface area contributed by atoms with Gasteiger partial charge in [-0.2, -0.15) is 18.3 Å². The number of anilines is 1. The number of carbonyl (C=O) groups is 1. The highest BCUT2D eigenvalue weighted by atomic mass is 35.5. The molecule has 1 amide bonds. The summed E-state index contributed by atoms with van der Waals surface area (Å²) in [6, 6.07) is 4.01. The van der Waals surface area contributed by atoms with Crippen LogP contribution in [0.3, 0.4) is 0 Å². The standard InChI is InChI=1S/C24H26Cl2F3N7O/c1-14(16-6-5-15(25)12-17(16)26)36-22-20(21(33-36)24(27,28)29)31-13-19(32-22)34-8-10-35(11-9-34)23(37)18-4-2-3-7-30-18/h5-6,12-14,18,30H,2-4,7-11H2,1H3/t14-,18+/m0/s1. The lowest BCUT2D eigenvalue weighted by Crippen LogP contribution is -2.55. The Morgan fingerprint density at radius 1 is 1.16 bits per heavy atom. The quantitative estimate of drug-likeness (QED) is 0.508. The Morgan fingerprint density at radius 3 is 2.57 bits per heavy atom. The maximum Gasteiger partial charge on any atom is 0.437 e. The highest BCUT2D eigenvalue weighted by Gasteiger charge is 2.39. The van der Waals surface area contributed by atoms with E-state index in [4.69, 9.17) is 23.2 Å². The van der Waals surface area contributed by atoms with Gasteiger partial charge in [-0.25, -0.2) is 14.6 Å². The van der Waals surface area contributed by atoms with Crippen molar-refractivity contribution in [2.45, 2.75) is 44.4 Å². The minimum Gasteiger partial charge on any atom is -0.352 e.